The van der Waals surface area contributed by atoms with Crippen LogP contribution in [0.5, 0.6) is 0 Å². The van der Waals surface area contributed by atoms with E-state index in [2.05, 4.69) is 5.48 Å². The Bertz CT molecular complexity index is 338. The number of carbonyl (C=O) groups is 1. The van der Waals surface area contributed by atoms with E-state index in [4.69, 9.17) is 4.84 Å². The van der Waals surface area contributed by atoms with Crippen LogP contribution in [0.4, 0.5) is 0 Å². The van der Waals surface area contributed by atoms with Crippen LogP contribution in [0.1, 0.15) is 5.56 Å². The molecular weight excluding hydrogens is 182 g/mol. The number of hydroxylamine groups is 1. The monoisotopic (exact) mass is 193 g/mol. The Morgan fingerprint density at radius 3 is 2.71 bits per heavy atom. The number of aliphatic hydroxyl groups is 1. The summed E-state index contributed by atoms with van der Waals surface area (Å²) < 4.78 is 0. The van der Waals surface area contributed by atoms with Crippen molar-refractivity contribution in [2.24, 2.45) is 0 Å². The highest BCUT2D eigenvalue weighted by molar-refractivity contribution is 5.85. The van der Waals surface area contributed by atoms with Crippen molar-refractivity contribution in [3.05, 3.63) is 35.9 Å². The molecule has 4 heteroatoms. The van der Waals surface area contributed by atoms with Gasteiger partial charge in [-0.1, -0.05) is 30.3 Å². The highest BCUT2D eigenvalue weighted by atomic mass is 16.7. The molecule has 1 atom stereocenters. The normalized spacial score (nSPS) is 26.2. The van der Waals surface area contributed by atoms with Crippen LogP contribution in [0.2, 0.25) is 0 Å². The van der Waals surface area contributed by atoms with E-state index in [1.165, 1.54) is 0 Å². The first-order valence-corrected chi connectivity index (χ1v) is 4.39. The van der Waals surface area contributed by atoms with E-state index >= 15 is 0 Å². The Hall–Kier alpha value is -1.39. The Morgan fingerprint density at radius 2 is 2.14 bits per heavy atom. The van der Waals surface area contributed by atoms with Gasteiger partial charge >= 0.3 is 0 Å². The number of nitrogens with one attached hydrogen (secondary N) is 1. The maximum Gasteiger partial charge on any atom is 0.278 e. The summed E-state index contributed by atoms with van der Waals surface area (Å²) in [6, 6.07) is 9.35. The van der Waals surface area contributed by atoms with Gasteiger partial charge in [-0.15, -0.1) is 0 Å². The summed E-state index contributed by atoms with van der Waals surface area (Å²) in [6.45, 7) is 0.000722. The molecule has 0 saturated carbocycles. The fourth-order valence-electron chi connectivity index (χ4n) is 1.45. The molecule has 0 unspecified atom stereocenters. The zero-order valence-corrected chi connectivity index (χ0v) is 7.56. The van der Waals surface area contributed by atoms with Gasteiger partial charge in [0.15, 0.2) is 5.60 Å². The van der Waals surface area contributed by atoms with Crippen LogP contribution in [0, 0.1) is 0 Å². The molecule has 0 radical (unpaired) electrons. The van der Waals surface area contributed by atoms with Crippen molar-refractivity contribution >= 4 is 5.91 Å². The number of hydrogen-bond donors (Lipinski definition) is 2. The van der Waals surface area contributed by atoms with Crippen molar-refractivity contribution < 1.29 is 14.7 Å². The van der Waals surface area contributed by atoms with E-state index in [1.807, 2.05) is 30.3 Å². The molecule has 1 amide bonds. The predicted molar refractivity (Wildman–Crippen MR) is 49.2 cm³/mol. The number of amides is 1. The number of hydrogen-bond acceptors (Lipinski definition) is 3. The number of rotatable bonds is 2. The molecule has 0 spiro atoms. The highest BCUT2D eigenvalue weighted by Gasteiger charge is 2.41. The van der Waals surface area contributed by atoms with Crippen LogP contribution < -0.4 is 5.48 Å². The number of benzene rings is 1. The van der Waals surface area contributed by atoms with Crippen molar-refractivity contribution in [2.45, 2.75) is 12.0 Å². The van der Waals surface area contributed by atoms with Crippen LogP contribution in [0.15, 0.2) is 30.3 Å². The average Bonchev–Trinajstić information content (AvgIpc) is 2.48. The molecule has 1 aromatic rings. The highest BCUT2D eigenvalue weighted by Crippen LogP contribution is 2.17. The van der Waals surface area contributed by atoms with Gasteiger partial charge in [0.1, 0.15) is 6.61 Å². The maximum atomic E-state index is 11.2. The minimum absolute atomic E-state index is 0.000722. The summed E-state index contributed by atoms with van der Waals surface area (Å²) in [7, 11) is 0. The summed E-state index contributed by atoms with van der Waals surface area (Å²) in [6.07, 6.45) is 0.277. The van der Waals surface area contributed by atoms with E-state index < -0.39 is 11.5 Å². The van der Waals surface area contributed by atoms with E-state index in [1.54, 1.807) is 0 Å². The zero-order valence-electron chi connectivity index (χ0n) is 7.56. The third kappa shape index (κ3) is 1.62. The van der Waals surface area contributed by atoms with E-state index in [0.717, 1.165) is 5.56 Å². The third-order valence-corrected chi connectivity index (χ3v) is 2.24. The van der Waals surface area contributed by atoms with Gasteiger partial charge in [-0.25, -0.2) is 5.48 Å². The lowest BCUT2D eigenvalue weighted by Crippen LogP contribution is -2.42. The van der Waals surface area contributed by atoms with Crippen molar-refractivity contribution in [1.29, 1.82) is 0 Å². The molecule has 14 heavy (non-hydrogen) atoms. The zero-order chi connectivity index (χ0) is 10.0. The van der Waals surface area contributed by atoms with Crippen LogP contribution in [0.25, 0.3) is 0 Å². The SMILES string of the molecule is O=C1NOC[C@@]1(O)Cc1ccccc1. The molecule has 0 bridgehead atoms. The maximum absolute atomic E-state index is 11.2. The van der Waals surface area contributed by atoms with Crippen molar-refractivity contribution in [2.75, 3.05) is 6.61 Å². The first kappa shape index (κ1) is 9.18. The number of carbonyl (C=O) groups excluding carboxylic acids is 1. The lowest BCUT2D eigenvalue weighted by atomic mass is 9.95. The lowest BCUT2D eigenvalue weighted by Gasteiger charge is -2.16. The minimum Gasteiger partial charge on any atom is -0.377 e. The van der Waals surface area contributed by atoms with Gasteiger partial charge in [0.25, 0.3) is 5.91 Å². The second-order valence-electron chi connectivity index (χ2n) is 3.41. The topological polar surface area (TPSA) is 58.6 Å². The van der Waals surface area contributed by atoms with Gasteiger partial charge in [-0.2, -0.15) is 0 Å². The molecule has 74 valence electrons. The van der Waals surface area contributed by atoms with Crippen LogP contribution in [-0.2, 0) is 16.1 Å². The molecule has 1 aliphatic rings. The van der Waals surface area contributed by atoms with Crippen molar-refractivity contribution in [1.82, 2.24) is 5.48 Å². The summed E-state index contributed by atoms with van der Waals surface area (Å²) in [5.74, 6) is -0.471. The van der Waals surface area contributed by atoms with E-state index in [-0.39, 0.29) is 13.0 Å². The Labute approximate surface area is 81.5 Å². The van der Waals surface area contributed by atoms with Crippen LogP contribution >= 0.6 is 0 Å². The fraction of sp³-hybridized carbons (Fsp3) is 0.300. The Balaban J connectivity index is 2.14. The predicted octanol–water partition coefficient (Wildman–Crippen LogP) is 0.0216. The van der Waals surface area contributed by atoms with Crippen molar-refractivity contribution in [3.8, 4) is 0 Å². The second-order valence-corrected chi connectivity index (χ2v) is 3.41. The first-order valence-electron chi connectivity index (χ1n) is 4.39. The molecule has 2 N–H and O–H groups in total. The van der Waals surface area contributed by atoms with Gasteiger partial charge in [-0.05, 0) is 5.56 Å². The smallest absolute Gasteiger partial charge is 0.278 e. The van der Waals surface area contributed by atoms with E-state index in [0.29, 0.717) is 0 Å². The average molecular weight is 193 g/mol. The molecule has 2 rings (SSSR count). The molecule has 0 aromatic heterocycles. The van der Waals surface area contributed by atoms with Crippen molar-refractivity contribution in [3.63, 3.8) is 0 Å². The van der Waals surface area contributed by atoms with Gasteiger partial charge < -0.3 is 5.11 Å². The standard InChI is InChI=1S/C10H11NO3/c12-9-10(13,7-14-11-9)6-8-4-2-1-3-5-8/h1-5,13H,6-7H2,(H,11,12)/t10-/m0/s1. The van der Waals surface area contributed by atoms with Crippen LogP contribution in [0.3, 0.4) is 0 Å². The molecule has 0 aliphatic carbocycles. The van der Waals surface area contributed by atoms with Crippen LogP contribution in [-0.4, -0.2) is 23.2 Å². The van der Waals surface area contributed by atoms with Gasteiger partial charge in [-0.3, -0.25) is 9.63 Å². The quantitative estimate of drug-likeness (QED) is 0.696. The summed E-state index contributed by atoms with van der Waals surface area (Å²) in [4.78, 5) is 15.9. The molecule has 4 nitrogen and oxygen atoms in total. The molecule has 1 aromatic carbocycles. The Morgan fingerprint density at radius 1 is 1.43 bits per heavy atom. The fourth-order valence-corrected chi connectivity index (χ4v) is 1.45. The molecule has 1 saturated heterocycles. The van der Waals surface area contributed by atoms with Gasteiger partial charge in [0.05, 0.1) is 0 Å². The van der Waals surface area contributed by atoms with Gasteiger partial charge in [0.2, 0.25) is 0 Å². The summed E-state index contributed by atoms with van der Waals surface area (Å²) >= 11 is 0. The summed E-state index contributed by atoms with van der Waals surface area (Å²) in [5.41, 5.74) is 1.64. The summed E-state index contributed by atoms with van der Waals surface area (Å²) in [5, 5.41) is 9.88. The van der Waals surface area contributed by atoms with Gasteiger partial charge in [0, 0.05) is 6.42 Å². The van der Waals surface area contributed by atoms with E-state index in [9.17, 15) is 9.90 Å². The largest absolute Gasteiger partial charge is 0.377 e. The molecule has 1 aliphatic heterocycles. The minimum atomic E-state index is -1.42. The molecule has 1 heterocycles. The molecular formula is C10H11NO3. The first-order chi connectivity index (χ1) is 6.71. The lowest BCUT2D eigenvalue weighted by molar-refractivity contribution is -0.134. The third-order valence-electron chi connectivity index (χ3n) is 2.24. The Kier molecular flexibility index (Phi) is 2.23. The second kappa shape index (κ2) is 3.40. The molecule has 1 fully saturated rings.